The van der Waals surface area contributed by atoms with Crippen molar-refractivity contribution in [1.82, 2.24) is 0 Å². The number of rotatable bonds is 12. The second-order valence-corrected chi connectivity index (χ2v) is 13.1. The highest BCUT2D eigenvalue weighted by Gasteiger charge is 2.38. The van der Waals surface area contributed by atoms with Crippen molar-refractivity contribution in [3.8, 4) is 0 Å². The lowest BCUT2D eigenvalue weighted by Gasteiger charge is -2.32. The number of hydrogen-bond donors (Lipinski definition) is 0. The van der Waals surface area contributed by atoms with Crippen molar-refractivity contribution in [2.75, 3.05) is 14.2 Å². The van der Waals surface area contributed by atoms with Gasteiger partial charge in [0.05, 0.1) is 0 Å². The van der Waals surface area contributed by atoms with Crippen LogP contribution in [0.1, 0.15) is 40.5 Å². The average molecular weight is 336 g/mol. The first-order valence-corrected chi connectivity index (χ1v) is 12.7. The van der Waals surface area contributed by atoms with Gasteiger partial charge in [-0.05, 0) is 58.8 Å². The smallest absolute Gasteiger partial charge is 0.337 e. The van der Waals surface area contributed by atoms with Gasteiger partial charge >= 0.3 is 17.1 Å². The molecule has 6 heteroatoms. The molecule has 0 amide bonds. The van der Waals surface area contributed by atoms with Gasteiger partial charge in [-0.3, -0.25) is 0 Å². The summed E-state index contributed by atoms with van der Waals surface area (Å²) >= 11 is 0. The molecule has 0 N–H and O–H groups in total. The molecule has 4 nitrogen and oxygen atoms in total. The first-order chi connectivity index (χ1) is 9.72. The zero-order chi connectivity index (χ0) is 16.5. The fourth-order valence-electron chi connectivity index (χ4n) is 2.71. The maximum absolute atomic E-state index is 6.13. The minimum atomic E-state index is -2.13. The van der Waals surface area contributed by atoms with E-state index in [0.717, 1.165) is 31.0 Å². The molecule has 0 saturated carbocycles. The topological polar surface area (TPSA) is 36.9 Å². The minimum absolute atomic E-state index is 0.201. The van der Waals surface area contributed by atoms with Crippen LogP contribution in [0.5, 0.6) is 0 Å². The average Bonchev–Trinajstić information content (AvgIpc) is 2.35. The first-order valence-electron chi connectivity index (χ1n) is 7.97. The summed E-state index contributed by atoms with van der Waals surface area (Å²) in [5, 5.41) is 0. The molecule has 0 aromatic carbocycles. The van der Waals surface area contributed by atoms with Gasteiger partial charge in [0.1, 0.15) is 0 Å². The maximum atomic E-state index is 6.13. The zero-order valence-electron chi connectivity index (χ0n) is 15.0. The summed E-state index contributed by atoms with van der Waals surface area (Å²) in [6.45, 7) is 14.4. The van der Waals surface area contributed by atoms with Crippen LogP contribution >= 0.6 is 0 Å². The van der Waals surface area contributed by atoms with Gasteiger partial charge in [0.15, 0.2) is 0 Å². The Kier molecular flexibility index (Phi) is 10.3. The summed E-state index contributed by atoms with van der Waals surface area (Å²) in [6, 6.07) is 2.89. The molecule has 0 rings (SSSR count). The van der Waals surface area contributed by atoms with Crippen molar-refractivity contribution in [1.29, 1.82) is 0 Å². The van der Waals surface area contributed by atoms with Gasteiger partial charge in [0.2, 0.25) is 0 Å². The Hall–Kier alpha value is 0.274. The normalized spacial score (nSPS) is 13.4. The first kappa shape index (κ1) is 21.3. The second kappa shape index (κ2) is 10.1. The third-order valence-electron chi connectivity index (χ3n) is 3.46. The van der Waals surface area contributed by atoms with E-state index in [1.54, 1.807) is 14.2 Å². The van der Waals surface area contributed by atoms with Crippen molar-refractivity contribution < 1.29 is 17.7 Å². The lowest BCUT2D eigenvalue weighted by molar-refractivity contribution is 0.109. The SMILES string of the molecule is [CH2]CC[Si](CCC[Si](C)(OC(C)C)OC(C)C)(OC)OC. The molecular weight excluding hydrogens is 300 g/mol. The predicted molar refractivity (Wildman–Crippen MR) is 92.8 cm³/mol. The van der Waals surface area contributed by atoms with Gasteiger partial charge in [0.25, 0.3) is 0 Å². The quantitative estimate of drug-likeness (QED) is 0.499. The van der Waals surface area contributed by atoms with Crippen LogP contribution in [-0.4, -0.2) is 43.5 Å². The van der Waals surface area contributed by atoms with E-state index < -0.39 is 17.1 Å². The van der Waals surface area contributed by atoms with Crippen molar-refractivity contribution in [2.45, 2.75) is 77.4 Å². The van der Waals surface area contributed by atoms with Gasteiger partial charge in [-0.15, -0.1) is 0 Å². The van der Waals surface area contributed by atoms with Gasteiger partial charge in [0, 0.05) is 26.4 Å². The predicted octanol–water partition coefficient (Wildman–Crippen LogP) is 4.26. The Bertz CT molecular complexity index is 258. The van der Waals surface area contributed by atoms with Crippen LogP contribution in [0, 0.1) is 6.92 Å². The largest absolute Gasteiger partial charge is 0.398 e. The Morgan fingerprint density at radius 2 is 1.33 bits per heavy atom. The molecule has 0 saturated heterocycles. The van der Waals surface area contributed by atoms with E-state index in [9.17, 15) is 0 Å². The monoisotopic (exact) mass is 335 g/mol. The van der Waals surface area contributed by atoms with Crippen LogP contribution in [0.4, 0.5) is 0 Å². The van der Waals surface area contributed by atoms with Crippen LogP contribution in [0.25, 0.3) is 0 Å². The molecule has 0 atom stereocenters. The summed E-state index contributed by atoms with van der Waals surface area (Å²) in [5.41, 5.74) is 0. The van der Waals surface area contributed by atoms with Crippen LogP contribution in [0.2, 0.25) is 24.7 Å². The summed E-state index contributed by atoms with van der Waals surface area (Å²) in [5.74, 6) is 0. The molecule has 127 valence electrons. The van der Waals surface area contributed by atoms with Gasteiger partial charge < -0.3 is 17.7 Å². The van der Waals surface area contributed by atoms with Crippen LogP contribution in [-0.2, 0) is 17.7 Å². The highest BCUT2D eigenvalue weighted by molar-refractivity contribution is 6.68. The lowest BCUT2D eigenvalue weighted by Crippen LogP contribution is -2.44. The van der Waals surface area contributed by atoms with Crippen LogP contribution in [0.3, 0.4) is 0 Å². The van der Waals surface area contributed by atoms with Crippen molar-refractivity contribution in [3.63, 3.8) is 0 Å². The summed E-state index contributed by atoms with van der Waals surface area (Å²) < 4.78 is 23.7. The molecule has 0 aromatic rings. The molecule has 0 aliphatic rings. The summed E-state index contributed by atoms with van der Waals surface area (Å²) in [4.78, 5) is 0. The van der Waals surface area contributed by atoms with E-state index in [1.807, 2.05) is 0 Å². The molecule has 21 heavy (non-hydrogen) atoms. The van der Waals surface area contributed by atoms with Gasteiger partial charge in [-0.25, -0.2) is 0 Å². The molecule has 0 unspecified atom stereocenters. The third kappa shape index (κ3) is 8.47. The summed E-state index contributed by atoms with van der Waals surface area (Å²) in [6.07, 6.45) is 2.28. The minimum Gasteiger partial charge on any atom is -0.398 e. The fraction of sp³-hybridized carbons (Fsp3) is 0.933. The molecule has 0 aromatic heterocycles. The highest BCUT2D eigenvalue weighted by atomic mass is 28.4. The van der Waals surface area contributed by atoms with E-state index >= 15 is 0 Å². The zero-order valence-corrected chi connectivity index (χ0v) is 17.0. The third-order valence-corrected chi connectivity index (χ3v) is 10.4. The van der Waals surface area contributed by atoms with Crippen molar-refractivity contribution in [3.05, 3.63) is 6.92 Å². The molecule has 0 fully saturated rings. The molecule has 0 aliphatic carbocycles. The molecule has 0 spiro atoms. The Morgan fingerprint density at radius 1 is 0.857 bits per heavy atom. The molecule has 1 radical (unpaired) electrons. The van der Waals surface area contributed by atoms with E-state index in [2.05, 4.69) is 41.2 Å². The van der Waals surface area contributed by atoms with Crippen LogP contribution < -0.4 is 0 Å². The van der Waals surface area contributed by atoms with E-state index in [-0.39, 0.29) is 12.2 Å². The van der Waals surface area contributed by atoms with E-state index in [0.29, 0.717) is 0 Å². The van der Waals surface area contributed by atoms with Gasteiger partial charge in [-0.2, -0.15) is 0 Å². The summed E-state index contributed by atoms with van der Waals surface area (Å²) in [7, 11) is -0.681. The fourth-order valence-corrected chi connectivity index (χ4v) is 8.65. The highest BCUT2D eigenvalue weighted by Crippen LogP contribution is 2.27. The second-order valence-electron chi connectivity index (χ2n) is 6.24. The standard InChI is InChI=1S/C15H35O4Si2/c1-9-11-21(16-6,17-7)13-10-12-20(8,18-14(2)3)19-15(4)5/h14-15H,1,9-13H2,2-8H3. The number of hydrogen-bond acceptors (Lipinski definition) is 4. The maximum Gasteiger partial charge on any atom is 0.337 e. The van der Waals surface area contributed by atoms with E-state index in [4.69, 9.17) is 17.7 Å². The van der Waals surface area contributed by atoms with Crippen LogP contribution in [0.15, 0.2) is 0 Å². The Labute approximate surface area is 134 Å². The Morgan fingerprint density at radius 3 is 1.67 bits per heavy atom. The Balaban J connectivity index is 4.59. The lowest BCUT2D eigenvalue weighted by atomic mass is 10.5. The molecule has 0 heterocycles. The van der Waals surface area contributed by atoms with Crippen molar-refractivity contribution in [2.24, 2.45) is 0 Å². The molecule has 0 aliphatic heterocycles. The molecular formula is C15H35O4Si2. The van der Waals surface area contributed by atoms with Gasteiger partial charge in [-0.1, -0.05) is 13.3 Å². The van der Waals surface area contributed by atoms with E-state index in [1.165, 1.54) is 0 Å². The van der Waals surface area contributed by atoms with Crippen molar-refractivity contribution >= 4 is 17.1 Å². The molecule has 0 bridgehead atoms.